The fourth-order valence-corrected chi connectivity index (χ4v) is 3.10. The zero-order valence-electron chi connectivity index (χ0n) is 16.3. The number of nitrogens with zero attached hydrogens (tertiary/aromatic N) is 2. The van der Waals surface area contributed by atoms with Crippen molar-refractivity contribution in [3.05, 3.63) is 47.3 Å². The van der Waals surface area contributed by atoms with E-state index in [2.05, 4.69) is 25.6 Å². The molecule has 1 unspecified atom stereocenters. The molecular formula is C18H17F6N5O3. The average molecular weight is 465 g/mol. The first-order valence-corrected chi connectivity index (χ1v) is 9.18. The summed E-state index contributed by atoms with van der Waals surface area (Å²) in [5.74, 6) is -0.953. The number of alkyl halides is 6. The number of amides is 3. The molecule has 1 aliphatic rings. The van der Waals surface area contributed by atoms with Crippen molar-refractivity contribution in [3.8, 4) is 5.75 Å². The lowest BCUT2D eigenvalue weighted by molar-refractivity contribution is -0.274. The molecule has 0 radical (unpaired) electrons. The quantitative estimate of drug-likeness (QED) is 0.605. The molecule has 1 saturated heterocycles. The SMILES string of the molecule is C[C@@H]1C(=O)NCCN1C(=O)NC(c1ccc(OC(F)(F)F)cc1)c1cc(C(F)(F)F)n[nH]1. The fraction of sp³-hybridized carbons (Fsp3) is 0.389. The van der Waals surface area contributed by atoms with Crippen molar-refractivity contribution < 1.29 is 40.7 Å². The highest BCUT2D eigenvalue weighted by Gasteiger charge is 2.36. The maximum atomic E-state index is 13.0. The predicted octanol–water partition coefficient (Wildman–Crippen LogP) is 2.95. The van der Waals surface area contributed by atoms with Crippen LogP contribution in [0.4, 0.5) is 31.1 Å². The highest BCUT2D eigenvalue weighted by atomic mass is 19.4. The summed E-state index contributed by atoms with van der Waals surface area (Å²) in [4.78, 5) is 25.8. The van der Waals surface area contributed by atoms with Gasteiger partial charge in [0, 0.05) is 13.1 Å². The number of aromatic nitrogens is 2. The van der Waals surface area contributed by atoms with E-state index in [1.807, 2.05) is 0 Å². The number of hydrogen-bond donors (Lipinski definition) is 3. The van der Waals surface area contributed by atoms with Crippen LogP contribution in [0.15, 0.2) is 30.3 Å². The largest absolute Gasteiger partial charge is 0.573 e. The molecule has 2 heterocycles. The summed E-state index contributed by atoms with van der Waals surface area (Å²) in [5.41, 5.74) is -1.25. The van der Waals surface area contributed by atoms with Gasteiger partial charge in [0.2, 0.25) is 5.91 Å². The number of carbonyl (C=O) groups excluding carboxylic acids is 2. The van der Waals surface area contributed by atoms with Crippen molar-refractivity contribution in [2.75, 3.05) is 13.1 Å². The van der Waals surface area contributed by atoms with E-state index in [9.17, 15) is 35.9 Å². The van der Waals surface area contributed by atoms with Crippen molar-refractivity contribution in [1.82, 2.24) is 25.7 Å². The van der Waals surface area contributed by atoms with Crippen molar-refractivity contribution in [2.24, 2.45) is 0 Å². The second-order valence-electron chi connectivity index (χ2n) is 6.87. The molecule has 0 saturated carbocycles. The van der Waals surface area contributed by atoms with E-state index >= 15 is 0 Å². The Morgan fingerprint density at radius 1 is 1.22 bits per heavy atom. The minimum absolute atomic E-state index is 0.152. The fourth-order valence-electron chi connectivity index (χ4n) is 3.10. The Labute approximate surface area is 176 Å². The van der Waals surface area contributed by atoms with Crippen LogP contribution in [0.2, 0.25) is 0 Å². The lowest BCUT2D eigenvalue weighted by Gasteiger charge is -2.34. The molecule has 32 heavy (non-hydrogen) atoms. The first kappa shape index (κ1) is 23.2. The number of piperazine rings is 1. The van der Waals surface area contributed by atoms with E-state index in [4.69, 9.17) is 0 Å². The third-order valence-electron chi connectivity index (χ3n) is 4.67. The molecule has 0 bridgehead atoms. The molecular weight excluding hydrogens is 448 g/mol. The van der Waals surface area contributed by atoms with Crippen molar-refractivity contribution in [1.29, 1.82) is 0 Å². The van der Waals surface area contributed by atoms with E-state index in [1.165, 1.54) is 11.8 Å². The van der Waals surface area contributed by atoms with Gasteiger partial charge in [0.05, 0.1) is 11.7 Å². The Morgan fingerprint density at radius 3 is 2.44 bits per heavy atom. The number of nitrogens with one attached hydrogen (secondary N) is 3. The molecule has 1 fully saturated rings. The van der Waals surface area contributed by atoms with Crippen LogP contribution in [0.25, 0.3) is 0 Å². The van der Waals surface area contributed by atoms with Crippen molar-refractivity contribution in [2.45, 2.75) is 31.5 Å². The van der Waals surface area contributed by atoms with Crippen LogP contribution in [-0.4, -0.2) is 52.5 Å². The summed E-state index contributed by atoms with van der Waals surface area (Å²) in [6.45, 7) is 1.82. The van der Waals surface area contributed by atoms with E-state index in [0.29, 0.717) is 6.07 Å². The van der Waals surface area contributed by atoms with Gasteiger partial charge >= 0.3 is 18.6 Å². The van der Waals surface area contributed by atoms with Gasteiger partial charge in [-0.25, -0.2) is 4.79 Å². The number of H-pyrrole nitrogens is 1. The smallest absolute Gasteiger partial charge is 0.406 e. The van der Waals surface area contributed by atoms with E-state index in [0.717, 1.165) is 24.3 Å². The van der Waals surface area contributed by atoms with Gasteiger partial charge in [-0.1, -0.05) is 12.1 Å². The molecule has 1 aliphatic heterocycles. The zero-order valence-corrected chi connectivity index (χ0v) is 16.3. The van der Waals surface area contributed by atoms with Gasteiger partial charge in [-0.15, -0.1) is 13.2 Å². The van der Waals surface area contributed by atoms with Gasteiger partial charge in [-0.3, -0.25) is 9.89 Å². The third-order valence-corrected chi connectivity index (χ3v) is 4.67. The van der Waals surface area contributed by atoms with Gasteiger partial charge in [0.1, 0.15) is 11.8 Å². The van der Waals surface area contributed by atoms with E-state index in [1.54, 1.807) is 0 Å². The number of ether oxygens (including phenoxy) is 1. The van der Waals surface area contributed by atoms with Gasteiger partial charge in [-0.05, 0) is 30.7 Å². The van der Waals surface area contributed by atoms with Crippen LogP contribution < -0.4 is 15.4 Å². The van der Waals surface area contributed by atoms with Crippen LogP contribution in [0.5, 0.6) is 5.75 Å². The van der Waals surface area contributed by atoms with Gasteiger partial charge in [-0.2, -0.15) is 18.3 Å². The first-order chi connectivity index (χ1) is 14.8. The molecule has 14 heteroatoms. The number of rotatable bonds is 4. The molecule has 2 aromatic rings. The molecule has 3 N–H and O–H groups in total. The average Bonchev–Trinajstić information content (AvgIpc) is 3.18. The number of benzene rings is 1. The van der Waals surface area contributed by atoms with Crippen LogP contribution in [-0.2, 0) is 11.0 Å². The minimum Gasteiger partial charge on any atom is -0.406 e. The summed E-state index contributed by atoms with van der Waals surface area (Å²) in [6.07, 6.45) is -9.68. The third kappa shape index (κ3) is 5.42. The first-order valence-electron chi connectivity index (χ1n) is 9.18. The second-order valence-corrected chi connectivity index (χ2v) is 6.87. The van der Waals surface area contributed by atoms with E-state index < -0.39 is 48.0 Å². The normalized spacial score (nSPS) is 18.2. The molecule has 3 rings (SSSR count). The maximum Gasteiger partial charge on any atom is 0.573 e. The summed E-state index contributed by atoms with van der Waals surface area (Å²) < 4.78 is 79.9. The lowest BCUT2D eigenvalue weighted by atomic mass is 10.0. The standard InChI is InChI=1S/C18H17F6N5O3/c1-9-15(30)25-6-7-29(9)16(31)26-14(12-8-13(28-27-12)17(19,20)21)10-2-4-11(5-3-10)32-18(22,23)24/h2-5,8-9,14H,6-7H2,1H3,(H,25,30)(H,26,31)(H,27,28)/t9-,14?/m1/s1. The summed E-state index contributed by atoms with van der Waals surface area (Å²) >= 11 is 0. The van der Waals surface area contributed by atoms with Crippen LogP contribution in [0.1, 0.15) is 29.9 Å². The molecule has 8 nitrogen and oxygen atoms in total. The molecule has 1 aromatic heterocycles. The van der Waals surface area contributed by atoms with Gasteiger partial charge in [0.15, 0.2) is 5.69 Å². The Morgan fingerprint density at radius 2 is 1.88 bits per heavy atom. The summed E-state index contributed by atoms with van der Waals surface area (Å²) in [7, 11) is 0. The van der Waals surface area contributed by atoms with Crippen molar-refractivity contribution in [3.63, 3.8) is 0 Å². The molecule has 0 spiro atoms. The minimum atomic E-state index is -4.93. The molecule has 2 atom stereocenters. The molecule has 174 valence electrons. The number of halogens is 6. The Bertz CT molecular complexity index is 973. The number of hydrogen-bond acceptors (Lipinski definition) is 4. The Kier molecular flexibility index (Phi) is 6.23. The summed E-state index contributed by atoms with van der Waals surface area (Å²) in [6, 6.07) is 2.09. The lowest BCUT2D eigenvalue weighted by Crippen LogP contribution is -2.58. The monoisotopic (exact) mass is 465 g/mol. The van der Waals surface area contributed by atoms with Crippen LogP contribution in [0.3, 0.4) is 0 Å². The van der Waals surface area contributed by atoms with Gasteiger partial charge in [0.25, 0.3) is 0 Å². The molecule has 1 aromatic carbocycles. The maximum absolute atomic E-state index is 13.0. The van der Waals surface area contributed by atoms with Crippen molar-refractivity contribution >= 4 is 11.9 Å². The topological polar surface area (TPSA) is 99.3 Å². The zero-order chi connectivity index (χ0) is 23.7. The highest BCUT2D eigenvalue weighted by molar-refractivity contribution is 5.88. The summed E-state index contributed by atoms with van der Waals surface area (Å²) in [5, 5.41) is 10.5. The van der Waals surface area contributed by atoms with Crippen LogP contribution >= 0.6 is 0 Å². The molecule has 3 amide bonds. The number of carbonyl (C=O) groups is 2. The Balaban J connectivity index is 1.90. The number of urea groups is 1. The van der Waals surface area contributed by atoms with Gasteiger partial charge < -0.3 is 20.3 Å². The second kappa shape index (κ2) is 8.59. The Hall–Kier alpha value is -3.45. The van der Waals surface area contributed by atoms with Crippen LogP contribution in [0, 0.1) is 0 Å². The number of aromatic amines is 1. The van der Waals surface area contributed by atoms with E-state index in [-0.39, 0.29) is 24.3 Å². The predicted molar refractivity (Wildman–Crippen MR) is 96.3 cm³/mol. The highest BCUT2D eigenvalue weighted by Crippen LogP contribution is 2.31. The molecule has 0 aliphatic carbocycles.